The highest BCUT2D eigenvalue weighted by atomic mass is 16.8. The number of hydrogen-bond acceptors (Lipinski definition) is 24. The molecule has 4 aliphatic heterocycles. The van der Waals surface area contributed by atoms with E-state index in [2.05, 4.69) is 0 Å². The maximum atomic E-state index is 12.8. The lowest BCUT2D eigenvalue weighted by Gasteiger charge is -2.42. The monoisotopic (exact) mass is 976 g/mol. The van der Waals surface area contributed by atoms with Crippen LogP contribution in [0.1, 0.15) is 27.7 Å². The van der Waals surface area contributed by atoms with Gasteiger partial charge in [-0.2, -0.15) is 0 Å². The molecule has 4 rings (SSSR count). The van der Waals surface area contributed by atoms with E-state index in [4.69, 9.17) is 37.9 Å². The molecule has 20 atom stereocenters. The summed E-state index contributed by atoms with van der Waals surface area (Å²) in [5.74, 6) is -1.86. The van der Waals surface area contributed by atoms with Crippen LogP contribution in [-0.4, -0.2) is 233 Å². The smallest absolute Gasteiger partial charge is 0.336 e. The van der Waals surface area contributed by atoms with Crippen LogP contribution >= 0.6 is 0 Å². The van der Waals surface area contributed by atoms with Gasteiger partial charge in [0.2, 0.25) is 12.6 Å². The van der Waals surface area contributed by atoms with Crippen molar-refractivity contribution in [1.29, 1.82) is 0 Å². The molecule has 0 amide bonds. The SMILES string of the molecule is CC(/C=C/C=C(\C)C(=O)OC1O[C@H](CO[C@H]2O[C@H](CO)[C@@H](O)[C@H](O)[C@H]2O)[C@@H](O)[C@H](O)[C@H]1O)=C\C=C\C=C(C)\C=C\C=C(/C)C(=O)OC1O[C@H](CO[C@H]2O[C@H](CO)[C@@H](O)[C@H](O)[C@H]2O)[C@@H](O)[C@H](O)[C@H]1O. The molecule has 14 N–H and O–H groups in total. The molecule has 4 heterocycles. The third kappa shape index (κ3) is 14.9. The normalized spacial score (nSPS) is 40.3. The number of rotatable bonds is 18. The zero-order valence-corrected chi connectivity index (χ0v) is 37.5. The number of esters is 2. The van der Waals surface area contributed by atoms with Crippen molar-refractivity contribution in [3.63, 3.8) is 0 Å². The Balaban J connectivity index is 1.23. The lowest BCUT2D eigenvalue weighted by atomic mass is 9.98. The fourth-order valence-corrected chi connectivity index (χ4v) is 6.84. The van der Waals surface area contributed by atoms with E-state index >= 15 is 0 Å². The van der Waals surface area contributed by atoms with Crippen molar-refractivity contribution in [2.24, 2.45) is 0 Å². The summed E-state index contributed by atoms with van der Waals surface area (Å²) in [5, 5.41) is 142. The lowest BCUT2D eigenvalue weighted by Crippen LogP contribution is -2.61. The van der Waals surface area contributed by atoms with Crippen molar-refractivity contribution < 1.29 is 119 Å². The standard InChI is InChI=1S/C44H64O24/c1-19(11-7-13-21(3)39(59)67-43-37(57)33(53)29(49)25(65-43)17-61-41-35(55)31(51)27(47)23(15-45)63-41)9-5-6-10-20(2)12-8-14-22(4)40(60)68-44-38(58)34(54)30(50)26(66-44)18-62-42-36(56)32(52)28(48)24(16-46)64-42/h5-14,23-38,41-58H,15-18H2,1-4H3/b6-5+,11-7+,12-8+,19-9+,20-10+,21-13+,22-14+/t23-,24-,25-,26-,27-,28-,29-,30-,31+,32+,33+,34+,35-,36-,37-,38-,41+,42+,43?,44?/m1/s1. The van der Waals surface area contributed by atoms with Gasteiger partial charge in [0.05, 0.1) is 26.4 Å². The van der Waals surface area contributed by atoms with Gasteiger partial charge in [-0.25, -0.2) is 9.59 Å². The van der Waals surface area contributed by atoms with Gasteiger partial charge in [-0.1, -0.05) is 71.9 Å². The first-order valence-electron chi connectivity index (χ1n) is 21.5. The lowest BCUT2D eigenvalue weighted by molar-refractivity contribution is -0.326. The average molecular weight is 977 g/mol. The van der Waals surface area contributed by atoms with E-state index in [-0.39, 0.29) is 11.1 Å². The van der Waals surface area contributed by atoms with E-state index in [1.807, 2.05) is 0 Å². The molecule has 2 unspecified atom stereocenters. The molecule has 0 aliphatic carbocycles. The molecule has 4 saturated heterocycles. The summed E-state index contributed by atoms with van der Waals surface area (Å²) >= 11 is 0. The molecule has 24 nitrogen and oxygen atoms in total. The Kier molecular flexibility index (Phi) is 22.2. The minimum absolute atomic E-state index is 0.0726. The summed E-state index contributed by atoms with van der Waals surface area (Å²) < 4.78 is 42.7. The van der Waals surface area contributed by atoms with Crippen molar-refractivity contribution in [3.05, 3.63) is 83.1 Å². The van der Waals surface area contributed by atoms with E-state index in [9.17, 15) is 81.1 Å². The van der Waals surface area contributed by atoms with Crippen molar-refractivity contribution in [3.8, 4) is 0 Å². The minimum atomic E-state index is -1.86. The summed E-state index contributed by atoms with van der Waals surface area (Å²) in [6.07, 6.45) is -16.8. The Morgan fingerprint density at radius 1 is 0.397 bits per heavy atom. The Bertz CT molecular complexity index is 1730. The topological polar surface area (TPSA) is 391 Å². The summed E-state index contributed by atoms with van der Waals surface area (Å²) in [4.78, 5) is 25.6. The van der Waals surface area contributed by atoms with Gasteiger partial charge in [-0.05, 0) is 27.7 Å². The van der Waals surface area contributed by atoms with E-state index in [0.717, 1.165) is 11.1 Å². The zero-order valence-electron chi connectivity index (χ0n) is 37.5. The molecule has 0 saturated carbocycles. The van der Waals surface area contributed by atoms with Gasteiger partial charge in [0, 0.05) is 11.1 Å². The first kappa shape index (κ1) is 56.9. The molecule has 0 aromatic heterocycles. The van der Waals surface area contributed by atoms with Gasteiger partial charge in [-0.15, -0.1) is 0 Å². The molecule has 0 aromatic rings. The second kappa shape index (κ2) is 26.5. The van der Waals surface area contributed by atoms with Gasteiger partial charge in [0.1, 0.15) is 97.7 Å². The molecule has 24 heteroatoms. The quantitative estimate of drug-likeness (QED) is 0.0347. The van der Waals surface area contributed by atoms with Crippen molar-refractivity contribution >= 4 is 11.9 Å². The summed E-state index contributed by atoms with van der Waals surface area (Å²) in [7, 11) is 0. The van der Waals surface area contributed by atoms with Crippen LogP contribution in [0.5, 0.6) is 0 Å². The van der Waals surface area contributed by atoms with E-state index in [1.165, 1.54) is 26.0 Å². The van der Waals surface area contributed by atoms with Crippen LogP contribution in [0, 0.1) is 0 Å². The fourth-order valence-electron chi connectivity index (χ4n) is 6.84. The third-order valence-corrected chi connectivity index (χ3v) is 11.2. The van der Waals surface area contributed by atoms with Crippen molar-refractivity contribution in [1.82, 2.24) is 0 Å². The van der Waals surface area contributed by atoms with Crippen LogP contribution in [0.3, 0.4) is 0 Å². The number of ether oxygens (including phenoxy) is 8. The predicted octanol–water partition coefficient (Wildman–Crippen LogP) is -5.23. The molecular weight excluding hydrogens is 912 g/mol. The van der Waals surface area contributed by atoms with Gasteiger partial charge >= 0.3 is 11.9 Å². The summed E-state index contributed by atoms with van der Waals surface area (Å²) in [5.41, 5.74) is 1.68. The van der Waals surface area contributed by atoms with E-state index in [1.54, 1.807) is 62.5 Å². The largest absolute Gasteiger partial charge is 0.429 e. The summed E-state index contributed by atoms with van der Waals surface area (Å²) in [6, 6.07) is 0. The summed E-state index contributed by atoms with van der Waals surface area (Å²) in [6.45, 7) is 3.80. The van der Waals surface area contributed by atoms with Crippen LogP contribution < -0.4 is 0 Å². The van der Waals surface area contributed by atoms with Crippen molar-refractivity contribution in [2.45, 2.75) is 151 Å². The first-order valence-corrected chi connectivity index (χ1v) is 21.5. The number of hydrogen-bond donors (Lipinski definition) is 14. The fraction of sp³-hybridized carbons (Fsp3) is 0.636. The number of allylic oxidation sites excluding steroid dienone is 12. The Labute approximate surface area is 390 Å². The molecule has 0 spiro atoms. The van der Waals surface area contributed by atoms with E-state index < -0.39 is 161 Å². The second-order valence-electron chi connectivity index (χ2n) is 16.5. The molecule has 68 heavy (non-hydrogen) atoms. The molecule has 0 bridgehead atoms. The first-order chi connectivity index (χ1) is 32.1. The molecule has 0 aromatic carbocycles. The molecule has 4 fully saturated rings. The van der Waals surface area contributed by atoms with Gasteiger partial charge < -0.3 is 109 Å². The van der Waals surface area contributed by atoms with Crippen molar-refractivity contribution in [2.75, 3.05) is 26.4 Å². The maximum absolute atomic E-state index is 12.8. The van der Waals surface area contributed by atoms with Gasteiger partial charge in [0.25, 0.3) is 0 Å². The number of aliphatic hydroxyl groups excluding tert-OH is 14. The second-order valence-corrected chi connectivity index (χ2v) is 16.5. The van der Waals surface area contributed by atoms with Gasteiger partial charge in [-0.3, -0.25) is 0 Å². The molecule has 4 aliphatic rings. The van der Waals surface area contributed by atoms with Crippen LogP contribution in [-0.2, 0) is 47.5 Å². The minimum Gasteiger partial charge on any atom is -0.429 e. The Morgan fingerprint density at radius 3 is 1.01 bits per heavy atom. The predicted molar refractivity (Wildman–Crippen MR) is 227 cm³/mol. The molecule has 384 valence electrons. The average Bonchev–Trinajstić information content (AvgIpc) is 3.31. The number of aliphatic hydroxyl groups is 14. The molecule has 0 radical (unpaired) electrons. The van der Waals surface area contributed by atoms with E-state index in [0.29, 0.717) is 0 Å². The number of carbonyl (C=O) groups excluding carboxylic acids is 2. The Morgan fingerprint density at radius 2 is 0.691 bits per heavy atom. The number of carbonyl (C=O) groups is 2. The van der Waals surface area contributed by atoms with Crippen LogP contribution in [0.4, 0.5) is 0 Å². The highest BCUT2D eigenvalue weighted by Gasteiger charge is 2.50. The van der Waals surface area contributed by atoms with Crippen LogP contribution in [0.15, 0.2) is 83.1 Å². The highest BCUT2D eigenvalue weighted by molar-refractivity contribution is 5.88. The third-order valence-electron chi connectivity index (χ3n) is 11.2. The Hall–Kier alpha value is -3.68. The highest BCUT2D eigenvalue weighted by Crippen LogP contribution is 2.28. The zero-order chi connectivity index (χ0) is 50.6. The van der Waals surface area contributed by atoms with Crippen LogP contribution in [0.2, 0.25) is 0 Å². The van der Waals surface area contributed by atoms with Crippen LogP contribution in [0.25, 0.3) is 0 Å². The van der Waals surface area contributed by atoms with Gasteiger partial charge in [0.15, 0.2) is 12.6 Å². The maximum Gasteiger partial charge on any atom is 0.336 e. The molecular formula is C44H64O24.